The molecule has 1 amide bonds. The summed E-state index contributed by atoms with van der Waals surface area (Å²) in [7, 11) is 0. The third-order valence-corrected chi connectivity index (χ3v) is 3.95. The monoisotopic (exact) mass is 389 g/mol. The smallest absolute Gasteiger partial charge is 0.248 e. The molecule has 0 aliphatic carbocycles. The first-order chi connectivity index (χ1) is 10.7. The zero-order valence-electron chi connectivity index (χ0n) is 15.2. The Labute approximate surface area is 162 Å². The number of rotatable bonds is 6. The van der Waals surface area contributed by atoms with Gasteiger partial charge in [-0.1, -0.05) is 24.3 Å². The summed E-state index contributed by atoms with van der Waals surface area (Å²) in [6, 6.07) is 7.23. The Bertz CT molecular complexity index is 616. The SMILES string of the molecule is CC1(C)C=C(C(=O)NCCNCc2ccccc2O)C(C)(C)N1.Cl.Cl. The fourth-order valence-electron chi connectivity index (χ4n) is 3.04. The third kappa shape index (κ3) is 6.51. The van der Waals surface area contributed by atoms with Crippen molar-refractivity contribution in [1.29, 1.82) is 0 Å². The van der Waals surface area contributed by atoms with E-state index in [1.54, 1.807) is 12.1 Å². The summed E-state index contributed by atoms with van der Waals surface area (Å²) in [6.07, 6.45) is 2.00. The van der Waals surface area contributed by atoms with Gasteiger partial charge in [-0.3, -0.25) is 10.1 Å². The minimum Gasteiger partial charge on any atom is -0.508 e. The molecule has 0 unspecified atom stereocenters. The molecule has 0 saturated heterocycles. The Morgan fingerprint density at radius 3 is 2.32 bits per heavy atom. The first-order valence-corrected chi connectivity index (χ1v) is 8.00. The highest BCUT2D eigenvalue weighted by Crippen LogP contribution is 2.29. The molecule has 0 atom stereocenters. The van der Waals surface area contributed by atoms with Crippen LogP contribution in [0.3, 0.4) is 0 Å². The van der Waals surface area contributed by atoms with Gasteiger partial charge in [0.25, 0.3) is 0 Å². The lowest BCUT2D eigenvalue weighted by molar-refractivity contribution is -0.118. The number of phenolic OH excluding ortho intramolecular Hbond substituents is 1. The molecule has 0 spiro atoms. The molecular weight excluding hydrogens is 361 g/mol. The van der Waals surface area contributed by atoms with Gasteiger partial charge < -0.3 is 15.7 Å². The molecule has 0 bridgehead atoms. The molecule has 1 aliphatic heterocycles. The second-order valence-corrected chi connectivity index (χ2v) is 7.09. The molecule has 0 aromatic heterocycles. The van der Waals surface area contributed by atoms with Gasteiger partial charge in [0.15, 0.2) is 0 Å². The van der Waals surface area contributed by atoms with Crippen molar-refractivity contribution in [3.05, 3.63) is 41.5 Å². The molecule has 1 aliphatic rings. The third-order valence-electron chi connectivity index (χ3n) is 3.95. The number of carbonyl (C=O) groups excluding carboxylic acids is 1. The zero-order valence-corrected chi connectivity index (χ0v) is 16.8. The van der Waals surface area contributed by atoms with Crippen molar-refractivity contribution in [3.8, 4) is 5.75 Å². The number of para-hydroxylation sites is 1. The predicted octanol–water partition coefficient (Wildman–Crippen LogP) is 2.53. The van der Waals surface area contributed by atoms with Crippen LogP contribution in [0.15, 0.2) is 35.9 Å². The molecular formula is C18H29Cl2N3O2. The van der Waals surface area contributed by atoms with Crippen molar-refractivity contribution in [1.82, 2.24) is 16.0 Å². The lowest BCUT2D eigenvalue weighted by Crippen LogP contribution is -2.48. The number of hydrogen-bond donors (Lipinski definition) is 4. The van der Waals surface area contributed by atoms with Crippen molar-refractivity contribution < 1.29 is 9.90 Å². The summed E-state index contributed by atoms with van der Waals surface area (Å²) in [5.74, 6) is 0.257. The Morgan fingerprint density at radius 1 is 1.12 bits per heavy atom. The Balaban J connectivity index is 0.00000288. The standard InChI is InChI=1S/C18H27N3O2.2ClH/c1-17(2)11-14(18(3,4)21-17)16(23)20-10-9-19-12-13-7-5-6-8-15(13)22;;/h5-8,11,19,21-22H,9-10,12H2,1-4H3,(H,20,23);2*1H. The quantitative estimate of drug-likeness (QED) is 0.564. The predicted molar refractivity (Wildman–Crippen MR) is 107 cm³/mol. The maximum atomic E-state index is 12.3. The molecule has 7 heteroatoms. The van der Waals surface area contributed by atoms with Crippen molar-refractivity contribution in [2.45, 2.75) is 45.3 Å². The zero-order chi connectivity index (χ0) is 17.1. The van der Waals surface area contributed by atoms with Gasteiger partial charge in [0.1, 0.15) is 5.75 Å². The molecule has 1 aromatic rings. The Hall–Kier alpha value is -1.27. The van der Waals surface area contributed by atoms with E-state index < -0.39 is 0 Å². The molecule has 2 rings (SSSR count). The van der Waals surface area contributed by atoms with Crippen molar-refractivity contribution in [3.63, 3.8) is 0 Å². The summed E-state index contributed by atoms with van der Waals surface area (Å²) >= 11 is 0. The number of phenols is 1. The molecule has 1 aromatic carbocycles. The van der Waals surface area contributed by atoms with Crippen molar-refractivity contribution in [2.24, 2.45) is 0 Å². The van der Waals surface area contributed by atoms with Crippen LogP contribution in [0.25, 0.3) is 0 Å². The average Bonchev–Trinajstić information content (AvgIpc) is 2.68. The minimum absolute atomic E-state index is 0. The van der Waals surface area contributed by atoms with E-state index in [0.29, 0.717) is 19.6 Å². The van der Waals surface area contributed by atoms with E-state index in [2.05, 4.69) is 29.8 Å². The van der Waals surface area contributed by atoms with Gasteiger partial charge >= 0.3 is 0 Å². The van der Waals surface area contributed by atoms with E-state index >= 15 is 0 Å². The number of benzene rings is 1. The minimum atomic E-state index is -0.323. The lowest BCUT2D eigenvalue weighted by Gasteiger charge is -2.27. The van der Waals surface area contributed by atoms with Gasteiger partial charge in [-0.25, -0.2) is 0 Å². The van der Waals surface area contributed by atoms with Crippen molar-refractivity contribution >= 4 is 30.7 Å². The van der Waals surface area contributed by atoms with Gasteiger partial charge in [-0.15, -0.1) is 24.8 Å². The highest BCUT2D eigenvalue weighted by molar-refractivity contribution is 5.96. The molecule has 25 heavy (non-hydrogen) atoms. The fraction of sp³-hybridized carbons (Fsp3) is 0.500. The fourth-order valence-corrected chi connectivity index (χ4v) is 3.04. The molecule has 4 N–H and O–H groups in total. The molecule has 1 heterocycles. The van der Waals surface area contributed by atoms with E-state index in [4.69, 9.17) is 0 Å². The van der Waals surface area contributed by atoms with E-state index in [1.807, 2.05) is 32.1 Å². The topological polar surface area (TPSA) is 73.4 Å². The highest BCUT2D eigenvalue weighted by atomic mass is 35.5. The number of hydrogen-bond acceptors (Lipinski definition) is 4. The summed E-state index contributed by atoms with van der Waals surface area (Å²) in [4.78, 5) is 12.3. The van der Waals surface area contributed by atoms with Gasteiger partial charge in [0.2, 0.25) is 5.91 Å². The average molecular weight is 390 g/mol. The van der Waals surface area contributed by atoms with Crippen LogP contribution in [-0.4, -0.2) is 35.2 Å². The number of nitrogens with one attached hydrogen (secondary N) is 3. The number of carbonyl (C=O) groups is 1. The Morgan fingerprint density at radius 2 is 1.76 bits per heavy atom. The normalized spacial score (nSPS) is 17.0. The summed E-state index contributed by atoms with van der Waals surface area (Å²) in [6.45, 7) is 9.91. The second kappa shape index (κ2) is 9.43. The maximum Gasteiger partial charge on any atom is 0.248 e. The van der Waals surface area contributed by atoms with Crippen LogP contribution in [0.4, 0.5) is 0 Å². The molecule has 142 valence electrons. The van der Waals surface area contributed by atoms with Crippen LogP contribution >= 0.6 is 24.8 Å². The largest absolute Gasteiger partial charge is 0.508 e. The number of aromatic hydroxyl groups is 1. The summed E-state index contributed by atoms with van der Waals surface area (Å²) in [5, 5.41) is 19.3. The van der Waals surface area contributed by atoms with Crippen LogP contribution in [0.1, 0.15) is 33.3 Å². The van der Waals surface area contributed by atoms with Crippen molar-refractivity contribution in [2.75, 3.05) is 13.1 Å². The van der Waals surface area contributed by atoms with Gasteiger partial charge in [0, 0.05) is 41.8 Å². The first kappa shape index (κ1) is 23.7. The molecule has 5 nitrogen and oxygen atoms in total. The first-order valence-electron chi connectivity index (χ1n) is 8.00. The van der Waals surface area contributed by atoms with Gasteiger partial charge in [-0.2, -0.15) is 0 Å². The van der Waals surface area contributed by atoms with Crippen LogP contribution in [0, 0.1) is 0 Å². The summed E-state index contributed by atoms with van der Waals surface area (Å²) < 4.78 is 0. The van der Waals surface area contributed by atoms with E-state index in [-0.39, 0.29) is 47.5 Å². The van der Waals surface area contributed by atoms with Crippen LogP contribution in [0.2, 0.25) is 0 Å². The lowest BCUT2D eigenvalue weighted by atomic mass is 9.96. The Kier molecular flexibility index (Phi) is 8.95. The van der Waals surface area contributed by atoms with Gasteiger partial charge in [-0.05, 0) is 33.8 Å². The molecule has 0 saturated carbocycles. The molecule has 0 fully saturated rings. The maximum absolute atomic E-state index is 12.3. The number of amides is 1. The van der Waals surface area contributed by atoms with Crippen LogP contribution in [0.5, 0.6) is 5.75 Å². The van der Waals surface area contributed by atoms with E-state index in [9.17, 15) is 9.90 Å². The highest BCUT2D eigenvalue weighted by Gasteiger charge is 2.39. The van der Waals surface area contributed by atoms with Gasteiger partial charge in [0.05, 0.1) is 0 Å². The van der Waals surface area contributed by atoms with E-state index in [0.717, 1.165) is 11.1 Å². The van der Waals surface area contributed by atoms with Crippen LogP contribution < -0.4 is 16.0 Å². The summed E-state index contributed by atoms with van der Waals surface area (Å²) in [5.41, 5.74) is 1.14. The van der Waals surface area contributed by atoms with Crippen LogP contribution in [-0.2, 0) is 11.3 Å². The van der Waals surface area contributed by atoms with E-state index in [1.165, 1.54) is 0 Å². The molecule has 0 radical (unpaired) electrons. The number of halogens is 2. The second-order valence-electron chi connectivity index (χ2n) is 7.09.